The molecule has 0 radical (unpaired) electrons. The van der Waals surface area contributed by atoms with Crippen molar-refractivity contribution < 1.29 is 22.7 Å². The Labute approximate surface area is 77.5 Å². The smallest absolute Gasteiger partial charge is 0.456 e. The first-order valence-corrected chi connectivity index (χ1v) is 4.04. The summed E-state index contributed by atoms with van der Waals surface area (Å²) in [6.07, 6.45) is 0.941. The van der Waals surface area contributed by atoms with Crippen LogP contribution in [0.2, 0.25) is 0 Å². The molecule has 13 heavy (non-hydrogen) atoms. The number of alkyl halides is 3. The van der Waals surface area contributed by atoms with Crippen LogP contribution in [-0.2, 0) is 9.53 Å². The summed E-state index contributed by atoms with van der Waals surface area (Å²) in [5.74, 6) is -0.654. The second-order valence-electron chi connectivity index (χ2n) is 1.81. The molecule has 0 fully saturated rings. The first-order valence-electron chi connectivity index (χ1n) is 3.22. The number of ether oxygens (including phenoxy) is 1. The van der Waals surface area contributed by atoms with Crippen LogP contribution in [0.25, 0.3) is 0 Å². The summed E-state index contributed by atoms with van der Waals surface area (Å²) in [7, 11) is 0. The molecule has 0 heterocycles. The average Bonchev–Trinajstić information content (AvgIpc) is 2.01. The fraction of sp³-hybridized carbons (Fsp3) is 0.500. The Morgan fingerprint density at radius 1 is 1.62 bits per heavy atom. The lowest BCUT2D eigenvalue weighted by atomic mass is 10.6. The number of carbonyl (C=O) groups is 1. The number of carbonyl (C=O) groups excluding carboxylic acids is 1. The van der Waals surface area contributed by atoms with Gasteiger partial charge in [0.05, 0.1) is 0 Å². The van der Waals surface area contributed by atoms with Crippen LogP contribution in [0.15, 0.2) is 12.7 Å². The molecule has 0 amide bonds. The Morgan fingerprint density at radius 3 is 2.69 bits per heavy atom. The molecule has 3 nitrogen and oxygen atoms in total. The van der Waals surface area contributed by atoms with Gasteiger partial charge in [-0.2, -0.15) is 13.2 Å². The molecule has 0 aliphatic carbocycles. The molecule has 0 rings (SSSR count). The van der Waals surface area contributed by atoms with Gasteiger partial charge in [0.25, 0.3) is 0 Å². The summed E-state index contributed by atoms with van der Waals surface area (Å²) in [4.78, 5) is 10.4. The highest BCUT2D eigenvalue weighted by atomic mass is 32.2. The van der Waals surface area contributed by atoms with E-state index in [1.807, 2.05) is 4.72 Å². The topological polar surface area (TPSA) is 38.3 Å². The van der Waals surface area contributed by atoms with E-state index in [4.69, 9.17) is 0 Å². The summed E-state index contributed by atoms with van der Waals surface area (Å²) in [6.45, 7) is 2.94. The van der Waals surface area contributed by atoms with Crippen LogP contribution >= 0.6 is 11.9 Å². The molecule has 7 heteroatoms. The number of rotatable bonds is 5. The normalized spacial score (nSPS) is 11.0. The lowest BCUT2D eigenvalue weighted by molar-refractivity contribution is -0.137. The Kier molecular flexibility index (Phi) is 5.56. The molecule has 0 aromatic heterocycles. The van der Waals surface area contributed by atoms with Gasteiger partial charge in [-0.1, -0.05) is 6.58 Å². The van der Waals surface area contributed by atoms with Gasteiger partial charge in [-0.25, -0.2) is 4.79 Å². The third-order valence-corrected chi connectivity index (χ3v) is 1.38. The molecule has 0 aliphatic heterocycles. The second-order valence-corrected chi connectivity index (χ2v) is 2.77. The minimum absolute atomic E-state index is 0.0657. The molecule has 0 spiro atoms. The Balaban J connectivity index is 3.27. The predicted molar refractivity (Wildman–Crippen MR) is 42.8 cm³/mol. The van der Waals surface area contributed by atoms with Crippen LogP contribution in [0.5, 0.6) is 0 Å². The largest absolute Gasteiger partial charge is 0.461 e. The minimum atomic E-state index is -4.32. The van der Waals surface area contributed by atoms with Gasteiger partial charge in [-0.15, -0.1) is 0 Å². The number of hydrogen-bond acceptors (Lipinski definition) is 4. The Morgan fingerprint density at radius 2 is 2.23 bits per heavy atom. The first-order chi connectivity index (χ1) is 5.95. The SMILES string of the molecule is C=CC(=O)OCCNSC(F)(F)F. The molecule has 0 atom stereocenters. The quantitative estimate of drug-likeness (QED) is 0.326. The van der Waals surface area contributed by atoms with Crippen LogP contribution in [0.1, 0.15) is 0 Å². The summed E-state index contributed by atoms with van der Waals surface area (Å²) in [6, 6.07) is 0. The highest BCUT2D eigenvalue weighted by Crippen LogP contribution is 2.26. The second kappa shape index (κ2) is 5.87. The third-order valence-electron chi connectivity index (χ3n) is 0.803. The Bertz CT molecular complexity index is 183. The fourth-order valence-corrected chi connectivity index (χ4v) is 0.734. The average molecular weight is 215 g/mol. The molecular formula is C6H8F3NO2S. The van der Waals surface area contributed by atoms with Gasteiger partial charge in [0, 0.05) is 24.6 Å². The third kappa shape index (κ3) is 9.22. The molecule has 1 N–H and O–H groups in total. The van der Waals surface area contributed by atoms with Crippen molar-refractivity contribution in [3.05, 3.63) is 12.7 Å². The van der Waals surface area contributed by atoms with Gasteiger partial charge >= 0.3 is 11.5 Å². The summed E-state index contributed by atoms with van der Waals surface area (Å²) < 4.78 is 40.8. The highest BCUT2D eigenvalue weighted by Gasteiger charge is 2.28. The van der Waals surface area contributed by atoms with E-state index in [1.54, 1.807) is 0 Å². The van der Waals surface area contributed by atoms with E-state index in [-0.39, 0.29) is 25.1 Å². The zero-order valence-corrected chi connectivity index (χ0v) is 7.37. The first kappa shape index (κ1) is 12.3. The van der Waals surface area contributed by atoms with Crippen LogP contribution in [0.4, 0.5) is 13.2 Å². The van der Waals surface area contributed by atoms with E-state index in [2.05, 4.69) is 11.3 Å². The minimum Gasteiger partial charge on any atom is -0.461 e. The zero-order chi connectivity index (χ0) is 10.3. The standard InChI is InChI=1S/C6H8F3NO2S/c1-2-5(11)12-4-3-10-13-6(7,8)9/h2,10H,1,3-4H2. The number of hydrogen-bond donors (Lipinski definition) is 1. The number of esters is 1. The van der Waals surface area contributed by atoms with Crippen molar-refractivity contribution >= 4 is 17.9 Å². The zero-order valence-electron chi connectivity index (χ0n) is 6.56. The summed E-state index contributed by atoms with van der Waals surface area (Å²) in [5, 5.41) is 0. The van der Waals surface area contributed by atoms with Gasteiger partial charge in [-0.3, -0.25) is 4.72 Å². The lowest BCUT2D eigenvalue weighted by Gasteiger charge is -2.06. The van der Waals surface area contributed by atoms with Gasteiger partial charge in [-0.05, 0) is 0 Å². The molecule has 0 aromatic carbocycles. The van der Waals surface area contributed by atoms with Gasteiger partial charge < -0.3 is 4.74 Å². The van der Waals surface area contributed by atoms with Crippen molar-refractivity contribution in [3.63, 3.8) is 0 Å². The van der Waals surface area contributed by atoms with Crippen molar-refractivity contribution in [2.45, 2.75) is 5.51 Å². The van der Waals surface area contributed by atoms with Crippen LogP contribution in [0, 0.1) is 0 Å². The maximum Gasteiger partial charge on any atom is 0.456 e. The highest BCUT2D eigenvalue weighted by molar-refractivity contribution is 7.98. The molecule has 0 bridgehead atoms. The summed E-state index contributed by atoms with van der Waals surface area (Å²) in [5.41, 5.74) is -4.32. The van der Waals surface area contributed by atoms with E-state index in [0.29, 0.717) is 0 Å². The molecule has 0 saturated carbocycles. The van der Waals surface area contributed by atoms with E-state index >= 15 is 0 Å². The van der Waals surface area contributed by atoms with Gasteiger partial charge in [0.1, 0.15) is 6.61 Å². The number of nitrogens with one attached hydrogen (secondary N) is 1. The van der Waals surface area contributed by atoms with E-state index in [0.717, 1.165) is 6.08 Å². The molecule has 0 saturated heterocycles. The lowest BCUT2D eigenvalue weighted by Crippen LogP contribution is -2.19. The van der Waals surface area contributed by atoms with E-state index < -0.39 is 11.5 Å². The van der Waals surface area contributed by atoms with Gasteiger partial charge in [0.2, 0.25) is 0 Å². The van der Waals surface area contributed by atoms with Crippen molar-refractivity contribution in [2.24, 2.45) is 0 Å². The Hall–Kier alpha value is -0.690. The molecule has 0 aliphatic rings. The van der Waals surface area contributed by atoms with Crippen LogP contribution in [0.3, 0.4) is 0 Å². The van der Waals surface area contributed by atoms with Crippen LogP contribution in [-0.4, -0.2) is 24.6 Å². The maximum absolute atomic E-state index is 11.5. The van der Waals surface area contributed by atoms with Gasteiger partial charge in [0.15, 0.2) is 0 Å². The van der Waals surface area contributed by atoms with Crippen molar-refractivity contribution in [1.82, 2.24) is 4.72 Å². The maximum atomic E-state index is 11.5. The molecule has 0 unspecified atom stereocenters. The predicted octanol–water partition coefficient (Wildman–Crippen LogP) is 1.47. The van der Waals surface area contributed by atoms with E-state index in [1.165, 1.54) is 0 Å². The fourth-order valence-electron chi connectivity index (χ4n) is 0.385. The molecule has 0 aromatic rings. The molecule has 76 valence electrons. The molecular weight excluding hydrogens is 207 g/mol. The van der Waals surface area contributed by atoms with Crippen molar-refractivity contribution in [3.8, 4) is 0 Å². The van der Waals surface area contributed by atoms with Crippen molar-refractivity contribution in [2.75, 3.05) is 13.2 Å². The summed E-state index contributed by atoms with van der Waals surface area (Å²) >= 11 is -0.374. The van der Waals surface area contributed by atoms with Crippen LogP contribution < -0.4 is 4.72 Å². The van der Waals surface area contributed by atoms with E-state index in [9.17, 15) is 18.0 Å². The monoisotopic (exact) mass is 215 g/mol. The van der Waals surface area contributed by atoms with Crippen molar-refractivity contribution in [1.29, 1.82) is 0 Å². The number of halogens is 3.